The Morgan fingerprint density at radius 1 is 1.36 bits per heavy atom. The maximum Gasteiger partial charge on any atom is 0.253 e. The molecule has 4 nitrogen and oxygen atoms in total. The third-order valence-corrected chi connectivity index (χ3v) is 7.48. The first-order valence-corrected chi connectivity index (χ1v) is 11.0. The van der Waals surface area contributed by atoms with Crippen LogP contribution in [-0.2, 0) is 23.3 Å². The second-order valence-electron chi connectivity index (χ2n) is 8.17. The van der Waals surface area contributed by atoms with Gasteiger partial charge in [-0.1, -0.05) is 23.7 Å². The van der Waals surface area contributed by atoms with E-state index in [4.69, 9.17) is 16.3 Å². The molecule has 1 fully saturated rings. The monoisotopic (exact) mass is 418 g/mol. The Labute approximate surface area is 176 Å². The maximum absolute atomic E-state index is 12.1. The molecule has 0 saturated carbocycles. The van der Waals surface area contributed by atoms with Crippen molar-refractivity contribution in [2.24, 2.45) is 0 Å². The van der Waals surface area contributed by atoms with E-state index >= 15 is 0 Å². The number of hydrogen-bond donors (Lipinski definition) is 0. The molecule has 1 aromatic heterocycles. The second kappa shape index (κ2) is 7.79. The van der Waals surface area contributed by atoms with Gasteiger partial charge in [-0.15, -0.1) is 11.3 Å². The van der Waals surface area contributed by atoms with Crippen molar-refractivity contribution < 1.29 is 9.53 Å². The van der Waals surface area contributed by atoms with Crippen LogP contribution in [0.15, 0.2) is 30.3 Å². The lowest BCUT2D eigenvalue weighted by Gasteiger charge is -2.47. The quantitative estimate of drug-likeness (QED) is 0.732. The van der Waals surface area contributed by atoms with Crippen LogP contribution in [-0.4, -0.2) is 49.0 Å². The number of hydrogen-bond acceptors (Lipinski definition) is 4. The van der Waals surface area contributed by atoms with Gasteiger partial charge in [-0.25, -0.2) is 0 Å². The molecule has 1 amide bonds. The molecule has 0 unspecified atom stereocenters. The number of carbonyl (C=O) groups excluding carboxylic acids is 1. The first-order valence-electron chi connectivity index (χ1n) is 9.85. The molecule has 2 aliphatic heterocycles. The standard InChI is InChI=1S/C22H27ClN2O2S/c1-15-13-22(20-18(8-11-27-22)12-19(23)28-20)9-10-25(15)14-16-4-6-17(7-5-16)21(26)24(2)3/h4-7,12,15H,8-11,13-14H2,1-3H3/t15-,22+/m0/s1. The number of carbonyl (C=O) groups is 1. The number of fused-ring (bicyclic) bond motifs is 2. The van der Waals surface area contributed by atoms with Gasteiger partial charge in [0.1, 0.15) is 5.60 Å². The van der Waals surface area contributed by atoms with Gasteiger partial charge < -0.3 is 9.64 Å². The van der Waals surface area contributed by atoms with Gasteiger partial charge >= 0.3 is 0 Å². The van der Waals surface area contributed by atoms with Crippen LogP contribution >= 0.6 is 22.9 Å². The first kappa shape index (κ1) is 19.9. The fourth-order valence-corrected chi connectivity index (χ4v) is 5.94. The zero-order chi connectivity index (χ0) is 19.9. The molecule has 6 heteroatoms. The van der Waals surface area contributed by atoms with E-state index in [9.17, 15) is 4.79 Å². The molecule has 0 radical (unpaired) electrons. The van der Waals surface area contributed by atoms with Crippen LogP contribution in [0.1, 0.15) is 46.1 Å². The van der Waals surface area contributed by atoms with Gasteiger partial charge in [0.25, 0.3) is 5.91 Å². The average molecular weight is 419 g/mol. The molecule has 1 aromatic carbocycles. The summed E-state index contributed by atoms with van der Waals surface area (Å²) in [7, 11) is 3.56. The van der Waals surface area contributed by atoms with E-state index in [2.05, 4.69) is 30.0 Å². The van der Waals surface area contributed by atoms with E-state index in [1.165, 1.54) is 16.0 Å². The summed E-state index contributed by atoms with van der Waals surface area (Å²) in [6.07, 6.45) is 2.96. The Bertz CT molecular complexity index is 864. The van der Waals surface area contributed by atoms with E-state index in [0.29, 0.717) is 6.04 Å². The van der Waals surface area contributed by atoms with Crippen molar-refractivity contribution in [1.82, 2.24) is 9.80 Å². The summed E-state index contributed by atoms with van der Waals surface area (Å²) in [5.41, 5.74) is 3.19. The highest BCUT2D eigenvalue weighted by Crippen LogP contribution is 2.48. The summed E-state index contributed by atoms with van der Waals surface area (Å²) in [6, 6.07) is 10.5. The smallest absolute Gasteiger partial charge is 0.253 e. The summed E-state index contributed by atoms with van der Waals surface area (Å²) in [5.74, 6) is 0.0414. The second-order valence-corrected chi connectivity index (χ2v) is 9.85. The van der Waals surface area contributed by atoms with Crippen molar-refractivity contribution in [3.63, 3.8) is 0 Å². The van der Waals surface area contributed by atoms with Crippen LogP contribution in [0.5, 0.6) is 0 Å². The molecule has 4 rings (SSSR count). The van der Waals surface area contributed by atoms with Crippen molar-refractivity contribution in [2.45, 2.75) is 44.4 Å². The summed E-state index contributed by atoms with van der Waals surface area (Å²) in [6.45, 7) is 4.96. The predicted octanol–water partition coefficient (Wildman–Crippen LogP) is 4.56. The SMILES string of the molecule is C[C@H]1C[C@@]2(CCN1Cc1ccc(C(=O)N(C)C)cc1)OCCc1cc(Cl)sc12. The number of likely N-dealkylation sites (tertiary alicyclic amines) is 1. The number of nitrogens with zero attached hydrogens (tertiary/aromatic N) is 2. The molecule has 150 valence electrons. The zero-order valence-electron chi connectivity index (χ0n) is 16.7. The number of benzene rings is 1. The highest BCUT2D eigenvalue weighted by molar-refractivity contribution is 7.16. The third-order valence-electron chi connectivity index (χ3n) is 5.99. The fraction of sp³-hybridized carbons (Fsp3) is 0.500. The highest BCUT2D eigenvalue weighted by Gasteiger charge is 2.44. The molecule has 3 heterocycles. The van der Waals surface area contributed by atoms with Gasteiger partial charge in [0.05, 0.1) is 10.9 Å². The van der Waals surface area contributed by atoms with Gasteiger partial charge in [0.15, 0.2) is 0 Å². The minimum atomic E-state index is -0.163. The molecule has 1 saturated heterocycles. The number of piperidine rings is 1. The zero-order valence-corrected chi connectivity index (χ0v) is 18.3. The van der Waals surface area contributed by atoms with Crippen molar-refractivity contribution >= 4 is 28.8 Å². The van der Waals surface area contributed by atoms with E-state index in [-0.39, 0.29) is 11.5 Å². The van der Waals surface area contributed by atoms with Crippen LogP contribution < -0.4 is 0 Å². The van der Waals surface area contributed by atoms with Crippen LogP contribution in [0.2, 0.25) is 4.34 Å². The summed E-state index contributed by atoms with van der Waals surface area (Å²) in [5, 5.41) is 0. The van der Waals surface area contributed by atoms with E-state index in [0.717, 1.165) is 48.9 Å². The van der Waals surface area contributed by atoms with E-state index in [1.807, 2.05) is 12.1 Å². The lowest BCUT2D eigenvalue weighted by atomic mass is 9.82. The number of halogens is 1. The highest BCUT2D eigenvalue weighted by atomic mass is 35.5. The first-order chi connectivity index (χ1) is 13.4. The van der Waals surface area contributed by atoms with Crippen molar-refractivity contribution in [3.05, 3.63) is 56.2 Å². The fourth-order valence-electron chi connectivity index (χ4n) is 4.46. The average Bonchev–Trinajstić information content (AvgIpc) is 3.06. The molecular weight excluding hydrogens is 392 g/mol. The summed E-state index contributed by atoms with van der Waals surface area (Å²) >= 11 is 8.00. The molecule has 2 atom stereocenters. The summed E-state index contributed by atoms with van der Waals surface area (Å²) < 4.78 is 7.24. The number of rotatable bonds is 3. The number of ether oxygens (including phenoxy) is 1. The molecule has 2 aliphatic rings. The maximum atomic E-state index is 12.1. The van der Waals surface area contributed by atoms with Crippen molar-refractivity contribution in [1.29, 1.82) is 0 Å². The minimum absolute atomic E-state index is 0.0414. The number of thiophene rings is 1. The molecule has 0 N–H and O–H groups in total. The van der Waals surface area contributed by atoms with Gasteiger partial charge in [0.2, 0.25) is 0 Å². The predicted molar refractivity (Wildman–Crippen MR) is 114 cm³/mol. The van der Waals surface area contributed by atoms with Crippen molar-refractivity contribution in [3.8, 4) is 0 Å². The van der Waals surface area contributed by atoms with Crippen LogP contribution in [0.3, 0.4) is 0 Å². The van der Waals surface area contributed by atoms with Crippen molar-refractivity contribution in [2.75, 3.05) is 27.2 Å². The Morgan fingerprint density at radius 3 is 2.79 bits per heavy atom. The molecule has 2 aromatic rings. The molecule has 1 spiro atoms. The summed E-state index contributed by atoms with van der Waals surface area (Å²) in [4.78, 5) is 17.5. The molecule has 28 heavy (non-hydrogen) atoms. The lowest BCUT2D eigenvalue weighted by Crippen LogP contribution is -2.49. The van der Waals surface area contributed by atoms with Gasteiger partial charge in [-0.05, 0) is 55.5 Å². The topological polar surface area (TPSA) is 32.8 Å². The Kier molecular flexibility index (Phi) is 5.53. The van der Waals surface area contributed by atoms with Gasteiger partial charge in [-0.2, -0.15) is 0 Å². The minimum Gasteiger partial charge on any atom is -0.369 e. The molecular formula is C22H27ClN2O2S. The lowest BCUT2D eigenvalue weighted by molar-refractivity contribution is -0.110. The van der Waals surface area contributed by atoms with E-state index in [1.54, 1.807) is 30.3 Å². The Hall–Kier alpha value is -1.40. The van der Waals surface area contributed by atoms with Gasteiger partial charge in [-0.3, -0.25) is 9.69 Å². The van der Waals surface area contributed by atoms with Gasteiger partial charge in [0, 0.05) is 43.7 Å². The largest absolute Gasteiger partial charge is 0.369 e. The number of amides is 1. The molecule has 0 bridgehead atoms. The van der Waals surface area contributed by atoms with Crippen LogP contribution in [0, 0.1) is 0 Å². The van der Waals surface area contributed by atoms with E-state index < -0.39 is 0 Å². The molecule has 0 aliphatic carbocycles. The van der Waals surface area contributed by atoms with Crippen LogP contribution in [0.25, 0.3) is 0 Å². The Morgan fingerprint density at radius 2 is 2.11 bits per heavy atom. The van der Waals surface area contributed by atoms with Crippen LogP contribution in [0.4, 0.5) is 0 Å². The normalized spacial score (nSPS) is 24.9. The Balaban J connectivity index is 1.45. The third kappa shape index (κ3) is 3.73.